The van der Waals surface area contributed by atoms with Crippen molar-refractivity contribution in [3.8, 4) is 0 Å². The Bertz CT molecular complexity index is 410. The fraction of sp³-hybridized carbons (Fsp3) is 0.300. The number of ketones is 1. The summed E-state index contributed by atoms with van der Waals surface area (Å²) in [6, 6.07) is 2.75. The first-order chi connectivity index (χ1) is 6.73. The van der Waals surface area contributed by atoms with E-state index in [-0.39, 0.29) is 5.56 Å². The SMILES string of the molecule is Cc1cc(C(=O)C(F)(F)F)c(C)cc1Br. The van der Waals surface area contributed by atoms with E-state index in [4.69, 9.17) is 0 Å². The fourth-order valence-electron chi connectivity index (χ4n) is 1.18. The molecule has 0 heterocycles. The molecule has 0 radical (unpaired) electrons. The molecule has 15 heavy (non-hydrogen) atoms. The molecule has 0 spiro atoms. The van der Waals surface area contributed by atoms with Gasteiger partial charge in [-0.3, -0.25) is 4.79 Å². The van der Waals surface area contributed by atoms with Gasteiger partial charge >= 0.3 is 6.18 Å². The average Bonchev–Trinajstić information content (AvgIpc) is 2.08. The monoisotopic (exact) mass is 280 g/mol. The number of halogens is 4. The van der Waals surface area contributed by atoms with E-state index in [9.17, 15) is 18.0 Å². The molecule has 1 aromatic rings. The second-order valence-electron chi connectivity index (χ2n) is 3.24. The number of carbonyl (C=O) groups is 1. The van der Waals surface area contributed by atoms with Gasteiger partial charge in [0.15, 0.2) is 0 Å². The zero-order valence-electron chi connectivity index (χ0n) is 8.07. The van der Waals surface area contributed by atoms with E-state index in [1.54, 1.807) is 6.92 Å². The summed E-state index contributed by atoms with van der Waals surface area (Å²) in [5.74, 6) is -1.80. The van der Waals surface area contributed by atoms with Gasteiger partial charge in [-0.05, 0) is 37.1 Å². The predicted octanol–water partition coefficient (Wildman–Crippen LogP) is 3.81. The van der Waals surface area contributed by atoms with Gasteiger partial charge in [0.05, 0.1) is 0 Å². The summed E-state index contributed by atoms with van der Waals surface area (Å²) in [4.78, 5) is 11.0. The Kier molecular flexibility index (Phi) is 3.23. The summed E-state index contributed by atoms with van der Waals surface area (Å²) < 4.78 is 37.3. The number of carbonyl (C=O) groups excluding carboxylic acids is 1. The highest BCUT2D eigenvalue weighted by molar-refractivity contribution is 9.10. The van der Waals surface area contributed by atoms with E-state index in [1.165, 1.54) is 19.1 Å². The molecule has 82 valence electrons. The Hall–Kier alpha value is -0.840. The van der Waals surface area contributed by atoms with Crippen LogP contribution >= 0.6 is 15.9 Å². The third kappa shape index (κ3) is 2.59. The van der Waals surface area contributed by atoms with Crippen LogP contribution in [0.15, 0.2) is 16.6 Å². The first-order valence-corrected chi connectivity index (χ1v) is 4.91. The molecular weight excluding hydrogens is 273 g/mol. The van der Waals surface area contributed by atoms with Gasteiger partial charge in [0.1, 0.15) is 0 Å². The normalized spacial score (nSPS) is 11.6. The lowest BCUT2D eigenvalue weighted by molar-refractivity contribution is -0.0885. The van der Waals surface area contributed by atoms with Crippen molar-refractivity contribution in [2.24, 2.45) is 0 Å². The summed E-state index contributed by atoms with van der Waals surface area (Å²) in [5.41, 5.74) is 0.631. The van der Waals surface area contributed by atoms with E-state index < -0.39 is 12.0 Å². The highest BCUT2D eigenvalue weighted by atomic mass is 79.9. The smallest absolute Gasteiger partial charge is 0.284 e. The van der Waals surface area contributed by atoms with Crippen molar-refractivity contribution in [1.82, 2.24) is 0 Å². The Morgan fingerprint density at radius 3 is 2.20 bits per heavy atom. The first-order valence-electron chi connectivity index (χ1n) is 4.11. The maximum Gasteiger partial charge on any atom is 0.454 e. The Labute approximate surface area is 93.4 Å². The number of hydrogen-bond acceptors (Lipinski definition) is 1. The summed E-state index contributed by atoms with van der Waals surface area (Å²) >= 11 is 3.19. The van der Waals surface area contributed by atoms with Gasteiger partial charge in [-0.15, -0.1) is 0 Å². The van der Waals surface area contributed by atoms with Gasteiger partial charge in [0, 0.05) is 10.0 Å². The largest absolute Gasteiger partial charge is 0.454 e. The summed E-state index contributed by atoms with van der Waals surface area (Å²) in [6.45, 7) is 3.11. The zero-order chi connectivity index (χ0) is 11.8. The number of aryl methyl sites for hydroxylation is 2. The third-order valence-electron chi connectivity index (χ3n) is 2.01. The fourth-order valence-corrected chi connectivity index (χ4v) is 1.64. The molecule has 1 aromatic carbocycles. The van der Waals surface area contributed by atoms with E-state index in [1.807, 2.05) is 0 Å². The summed E-state index contributed by atoms with van der Waals surface area (Å²) in [7, 11) is 0. The van der Waals surface area contributed by atoms with Gasteiger partial charge in [-0.1, -0.05) is 15.9 Å². The van der Waals surface area contributed by atoms with Crippen LogP contribution in [0.3, 0.4) is 0 Å². The molecule has 0 bridgehead atoms. The molecule has 0 amide bonds. The second-order valence-corrected chi connectivity index (χ2v) is 4.10. The standard InChI is InChI=1S/C10H8BrF3O/c1-5-4-8(11)6(2)3-7(5)9(15)10(12,13)14/h3-4H,1-2H3. The predicted molar refractivity (Wildman–Crippen MR) is 54.0 cm³/mol. The van der Waals surface area contributed by atoms with Crippen molar-refractivity contribution in [3.05, 3.63) is 33.3 Å². The Morgan fingerprint density at radius 2 is 1.73 bits per heavy atom. The molecule has 0 N–H and O–H groups in total. The van der Waals surface area contributed by atoms with Gasteiger partial charge in [0.25, 0.3) is 5.78 Å². The minimum atomic E-state index is -4.81. The number of rotatable bonds is 1. The first kappa shape index (κ1) is 12.2. The maximum atomic E-state index is 12.2. The summed E-state index contributed by atoms with van der Waals surface area (Å²) in [6.07, 6.45) is -4.81. The van der Waals surface area contributed by atoms with Crippen LogP contribution in [0.5, 0.6) is 0 Å². The van der Waals surface area contributed by atoms with Crippen LogP contribution in [0.2, 0.25) is 0 Å². The average molecular weight is 281 g/mol. The van der Waals surface area contributed by atoms with Crippen molar-refractivity contribution in [1.29, 1.82) is 0 Å². The van der Waals surface area contributed by atoms with Gasteiger partial charge in [0.2, 0.25) is 0 Å². The lowest BCUT2D eigenvalue weighted by atomic mass is 10.0. The molecule has 1 rings (SSSR count). The van der Waals surface area contributed by atoms with Crippen molar-refractivity contribution in [3.63, 3.8) is 0 Å². The topological polar surface area (TPSA) is 17.1 Å². The molecular formula is C10H8BrF3O. The zero-order valence-corrected chi connectivity index (χ0v) is 9.66. The number of hydrogen-bond donors (Lipinski definition) is 0. The van der Waals surface area contributed by atoms with Crippen LogP contribution in [0.4, 0.5) is 13.2 Å². The second kappa shape index (κ2) is 3.96. The highest BCUT2D eigenvalue weighted by Crippen LogP contribution is 2.27. The number of Topliss-reactive ketones (excluding diaryl/α,β-unsaturated/α-hetero) is 1. The van der Waals surface area contributed by atoms with E-state index >= 15 is 0 Å². The Balaban J connectivity index is 3.28. The van der Waals surface area contributed by atoms with E-state index in [0.717, 1.165) is 0 Å². The van der Waals surface area contributed by atoms with E-state index in [0.29, 0.717) is 15.6 Å². The van der Waals surface area contributed by atoms with Crippen molar-refractivity contribution >= 4 is 21.7 Å². The minimum absolute atomic E-state index is 0.289. The summed E-state index contributed by atoms with van der Waals surface area (Å²) in [5, 5.41) is 0. The van der Waals surface area contributed by atoms with Gasteiger partial charge in [-0.2, -0.15) is 13.2 Å². The minimum Gasteiger partial charge on any atom is -0.284 e. The Morgan fingerprint density at radius 1 is 1.20 bits per heavy atom. The number of alkyl halides is 3. The number of benzene rings is 1. The molecule has 0 aliphatic carbocycles. The third-order valence-corrected chi connectivity index (χ3v) is 2.86. The molecule has 0 fully saturated rings. The molecule has 0 unspecified atom stereocenters. The van der Waals surface area contributed by atoms with Gasteiger partial charge in [-0.25, -0.2) is 0 Å². The van der Waals surface area contributed by atoms with Crippen LogP contribution in [-0.2, 0) is 0 Å². The van der Waals surface area contributed by atoms with Crippen molar-refractivity contribution < 1.29 is 18.0 Å². The van der Waals surface area contributed by atoms with Crippen LogP contribution in [0.1, 0.15) is 21.5 Å². The maximum absolute atomic E-state index is 12.2. The molecule has 0 aliphatic rings. The quantitative estimate of drug-likeness (QED) is 0.715. The van der Waals surface area contributed by atoms with Crippen molar-refractivity contribution in [2.45, 2.75) is 20.0 Å². The van der Waals surface area contributed by atoms with Crippen molar-refractivity contribution in [2.75, 3.05) is 0 Å². The molecule has 0 saturated heterocycles. The van der Waals surface area contributed by atoms with E-state index in [2.05, 4.69) is 15.9 Å². The van der Waals surface area contributed by atoms with Crippen LogP contribution in [0, 0.1) is 13.8 Å². The molecule has 0 aromatic heterocycles. The molecule has 0 aliphatic heterocycles. The highest BCUT2D eigenvalue weighted by Gasteiger charge is 2.40. The van der Waals surface area contributed by atoms with Crippen LogP contribution in [0.25, 0.3) is 0 Å². The molecule has 5 heteroatoms. The lowest BCUT2D eigenvalue weighted by Gasteiger charge is -2.10. The lowest BCUT2D eigenvalue weighted by Crippen LogP contribution is -2.23. The molecule has 0 atom stereocenters. The molecule has 0 saturated carbocycles. The molecule has 1 nitrogen and oxygen atoms in total. The van der Waals surface area contributed by atoms with Crippen LogP contribution < -0.4 is 0 Å². The van der Waals surface area contributed by atoms with Gasteiger partial charge < -0.3 is 0 Å². The van der Waals surface area contributed by atoms with Crippen LogP contribution in [-0.4, -0.2) is 12.0 Å².